The van der Waals surface area contributed by atoms with E-state index in [0.717, 1.165) is 0 Å². The van der Waals surface area contributed by atoms with Crippen molar-refractivity contribution in [1.82, 2.24) is 9.55 Å². The molecule has 0 fully saturated rings. The second-order valence-electron chi connectivity index (χ2n) is 3.66. The molecule has 0 spiro atoms. The third kappa shape index (κ3) is 2.78. The fourth-order valence-electron chi connectivity index (χ4n) is 1.66. The first-order valence-corrected chi connectivity index (χ1v) is 5.55. The zero-order valence-corrected chi connectivity index (χ0v) is 10.1. The highest BCUT2D eigenvalue weighted by molar-refractivity contribution is 6.30. The van der Waals surface area contributed by atoms with Crippen molar-refractivity contribution in [2.45, 2.75) is 12.6 Å². The lowest BCUT2D eigenvalue weighted by molar-refractivity contribution is 0.152. The van der Waals surface area contributed by atoms with Gasteiger partial charge in [0.1, 0.15) is 11.9 Å². The molecule has 1 N–H and O–H groups in total. The van der Waals surface area contributed by atoms with Crippen molar-refractivity contribution in [2.24, 2.45) is 0 Å². The molecular weight excluding hydrogens is 240 g/mol. The van der Waals surface area contributed by atoms with Crippen LogP contribution in [0, 0.1) is 0 Å². The molecule has 1 atom stereocenters. The molecule has 5 heteroatoms. The number of benzene rings is 1. The van der Waals surface area contributed by atoms with Gasteiger partial charge in [-0.3, -0.25) is 0 Å². The molecule has 2 aromatic rings. The minimum absolute atomic E-state index is 0.413. The van der Waals surface area contributed by atoms with Crippen LogP contribution in [0.5, 0.6) is 5.75 Å². The molecule has 4 nitrogen and oxygen atoms in total. The van der Waals surface area contributed by atoms with Crippen molar-refractivity contribution in [1.29, 1.82) is 0 Å². The van der Waals surface area contributed by atoms with Crippen LogP contribution in [0.4, 0.5) is 0 Å². The molecule has 0 saturated carbocycles. The van der Waals surface area contributed by atoms with E-state index in [0.29, 0.717) is 22.9 Å². The topological polar surface area (TPSA) is 47.3 Å². The van der Waals surface area contributed by atoms with Crippen LogP contribution >= 0.6 is 11.6 Å². The lowest BCUT2D eigenvalue weighted by Gasteiger charge is -2.15. The van der Waals surface area contributed by atoms with Crippen molar-refractivity contribution >= 4 is 11.6 Å². The minimum atomic E-state index is -0.683. The van der Waals surface area contributed by atoms with E-state index in [1.165, 1.54) is 0 Å². The Labute approximate surface area is 104 Å². The van der Waals surface area contributed by atoms with Gasteiger partial charge < -0.3 is 14.4 Å². The molecule has 0 saturated heterocycles. The predicted molar refractivity (Wildman–Crippen MR) is 65.2 cm³/mol. The number of rotatable bonds is 4. The van der Waals surface area contributed by atoms with Gasteiger partial charge >= 0.3 is 0 Å². The van der Waals surface area contributed by atoms with Crippen LogP contribution < -0.4 is 4.74 Å². The fraction of sp³-hybridized carbons (Fsp3) is 0.250. The van der Waals surface area contributed by atoms with Crippen molar-refractivity contribution < 1.29 is 9.84 Å². The first-order valence-electron chi connectivity index (χ1n) is 5.18. The quantitative estimate of drug-likeness (QED) is 0.908. The van der Waals surface area contributed by atoms with Crippen LogP contribution in [0.3, 0.4) is 0 Å². The third-order valence-corrected chi connectivity index (χ3v) is 2.73. The first-order chi connectivity index (χ1) is 8.20. The Morgan fingerprint density at radius 2 is 2.35 bits per heavy atom. The maximum absolute atomic E-state index is 10.1. The molecular formula is C12H13ClN2O2. The lowest BCUT2D eigenvalue weighted by Crippen LogP contribution is -2.08. The van der Waals surface area contributed by atoms with Gasteiger partial charge in [0.05, 0.1) is 20.0 Å². The maximum Gasteiger partial charge on any atom is 0.124 e. The van der Waals surface area contributed by atoms with Gasteiger partial charge in [-0.2, -0.15) is 0 Å². The number of halogens is 1. The molecule has 0 radical (unpaired) electrons. The number of nitrogens with zero attached hydrogens (tertiary/aromatic N) is 2. The van der Waals surface area contributed by atoms with E-state index in [4.69, 9.17) is 16.3 Å². The highest BCUT2D eigenvalue weighted by Crippen LogP contribution is 2.29. The summed E-state index contributed by atoms with van der Waals surface area (Å²) < 4.78 is 6.99. The van der Waals surface area contributed by atoms with Gasteiger partial charge in [0.2, 0.25) is 0 Å². The van der Waals surface area contributed by atoms with Gasteiger partial charge in [0.25, 0.3) is 0 Å². The normalized spacial score (nSPS) is 12.4. The van der Waals surface area contributed by atoms with E-state index in [1.807, 2.05) is 0 Å². The number of imidazole rings is 1. The van der Waals surface area contributed by atoms with Gasteiger partial charge in [-0.15, -0.1) is 0 Å². The standard InChI is InChI=1S/C12H13ClN2O2/c1-17-12-3-2-9(13)6-10(12)11(16)7-15-5-4-14-8-15/h2-6,8,11,16H,7H2,1H3. The molecule has 0 aliphatic heterocycles. The highest BCUT2D eigenvalue weighted by Gasteiger charge is 2.14. The van der Waals surface area contributed by atoms with Crippen molar-refractivity contribution in [3.8, 4) is 5.75 Å². The molecule has 1 unspecified atom stereocenters. The zero-order chi connectivity index (χ0) is 12.3. The Bertz CT molecular complexity index is 485. The molecule has 0 aliphatic rings. The summed E-state index contributed by atoms with van der Waals surface area (Å²) in [4.78, 5) is 3.92. The number of hydrogen-bond acceptors (Lipinski definition) is 3. The molecule has 1 aromatic carbocycles. The Balaban J connectivity index is 2.23. The molecule has 0 aliphatic carbocycles. The van der Waals surface area contributed by atoms with E-state index in [9.17, 15) is 5.11 Å². The number of aromatic nitrogens is 2. The number of aliphatic hydroxyl groups is 1. The summed E-state index contributed by atoms with van der Waals surface area (Å²) >= 11 is 5.91. The second kappa shape index (κ2) is 5.21. The Hall–Kier alpha value is -1.52. The summed E-state index contributed by atoms with van der Waals surface area (Å²) in [5.74, 6) is 0.627. The summed E-state index contributed by atoms with van der Waals surface area (Å²) in [5.41, 5.74) is 0.675. The summed E-state index contributed by atoms with van der Waals surface area (Å²) in [6.07, 6.45) is 4.43. The Morgan fingerprint density at radius 1 is 1.53 bits per heavy atom. The summed E-state index contributed by atoms with van der Waals surface area (Å²) in [6.45, 7) is 0.413. The van der Waals surface area contributed by atoms with Crippen LogP contribution in [0.2, 0.25) is 5.02 Å². The molecule has 17 heavy (non-hydrogen) atoms. The van der Waals surface area contributed by atoms with Crippen LogP contribution in [-0.4, -0.2) is 21.8 Å². The summed E-state index contributed by atoms with van der Waals surface area (Å²) in [5, 5.41) is 10.7. The molecule has 0 bridgehead atoms. The lowest BCUT2D eigenvalue weighted by atomic mass is 10.1. The van der Waals surface area contributed by atoms with E-state index >= 15 is 0 Å². The largest absolute Gasteiger partial charge is 0.496 e. The summed E-state index contributed by atoms with van der Waals surface area (Å²) in [7, 11) is 1.57. The number of methoxy groups -OCH3 is 1. The van der Waals surface area contributed by atoms with Gasteiger partial charge in [-0.25, -0.2) is 4.98 Å². The average Bonchev–Trinajstić information content (AvgIpc) is 2.81. The van der Waals surface area contributed by atoms with Crippen LogP contribution in [0.1, 0.15) is 11.7 Å². The summed E-state index contributed by atoms with van der Waals surface area (Å²) in [6, 6.07) is 5.19. The highest BCUT2D eigenvalue weighted by atomic mass is 35.5. The van der Waals surface area contributed by atoms with Crippen molar-refractivity contribution in [3.63, 3.8) is 0 Å². The predicted octanol–water partition coefficient (Wildman–Crippen LogP) is 2.28. The molecule has 90 valence electrons. The smallest absolute Gasteiger partial charge is 0.124 e. The van der Waals surface area contributed by atoms with E-state index in [1.54, 1.807) is 48.6 Å². The molecule has 2 rings (SSSR count). The Kier molecular flexibility index (Phi) is 3.66. The number of hydrogen-bond donors (Lipinski definition) is 1. The number of ether oxygens (including phenoxy) is 1. The fourth-order valence-corrected chi connectivity index (χ4v) is 1.84. The Morgan fingerprint density at radius 3 is 3.00 bits per heavy atom. The maximum atomic E-state index is 10.1. The van der Waals surface area contributed by atoms with Gasteiger partial charge in [-0.1, -0.05) is 11.6 Å². The van der Waals surface area contributed by atoms with Gasteiger partial charge in [-0.05, 0) is 18.2 Å². The van der Waals surface area contributed by atoms with Crippen LogP contribution in [-0.2, 0) is 6.54 Å². The zero-order valence-electron chi connectivity index (χ0n) is 9.38. The number of aliphatic hydroxyl groups excluding tert-OH is 1. The SMILES string of the molecule is COc1ccc(Cl)cc1C(O)Cn1ccnc1. The third-order valence-electron chi connectivity index (χ3n) is 2.49. The van der Waals surface area contributed by atoms with E-state index in [-0.39, 0.29) is 0 Å². The van der Waals surface area contributed by atoms with Crippen LogP contribution in [0.25, 0.3) is 0 Å². The van der Waals surface area contributed by atoms with Gasteiger partial charge in [0, 0.05) is 23.0 Å². The minimum Gasteiger partial charge on any atom is -0.496 e. The van der Waals surface area contributed by atoms with Crippen molar-refractivity contribution in [3.05, 3.63) is 47.5 Å². The van der Waals surface area contributed by atoms with E-state index in [2.05, 4.69) is 4.98 Å². The molecule has 1 aromatic heterocycles. The van der Waals surface area contributed by atoms with Gasteiger partial charge in [0.15, 0.2) is 0 Å². The van der Waals surface area contributed by atoms with E-state index < -0.39 is 6.10 Å². The second-order valence-corrected chi connectivity index (χ2v) is 4.10. The monoisotopic (exact) mass is 252 g/mol. The first kappa shape index (κ1) is 12.0. The van der Waals surface area contributed by atoms with Crippen LogP contribution in [0.15, 0.2) is 36.9 Å². The molecule has 0 amide bonds. The van der Waals surface area contributed by atoms with Crippen molar-refractivity contribution in [2.75, 3.05) is 7.11 Å². The average molecular weight is 253 g/mol. The molecule has 1 heterocycles.